The second kappa shape index (κ2) is 11.0. The van der Waals surface area contributed by atoms with Gasteiger partial charge >= 0.3 is 6.09 Å². The van der Waals surface area contributed by atoms with Crippen molar-refractivity contribution < 1.29 is 24.2 Å². The van der Waals surface area contributed by atoms with Crippen LogP contribution in [0.1, 0.15) is 40.0 Å². The van der Waals surface area contributed by atoms with E-state index in [0.717, 1.165) is 39.3 Å². The summed E-state index contributed by atoms with van der Waals surface area (Å²) in [5.41, 5.74) is 4.26. The standard InChI is InChI=1S/C6H10O2.C5H11NO2.CH4O/c7-5-6-3-1-2-4-8-6;1-5(2,3)8-4(6)7;1-2/h5-6H,1-4H2;1-3H3,(H2,6,7);2H,1H3/t6-;;/m0../s1. The highest BCUT2D eigenvalue weighted by Gasteiger charge is 2.12. The minimum atomic E-state index is -0.725. The number of carbonyl (C=O) groups is 2. The van der Waals surface area contributed by atoms with E-state index in [9.17, 15) is 9.59 Å². The van der Waals surface area contributed by atoms with Gasteiger partial charge < -0.3 is 25.1 Å². The van der Waals surface area contributed by atoms with Gasteiger partial charge in [0.2, 0.25) is 0 Å². The summed E-state index contributed by atoms with van der Waals surface area (Å²) in [5, 5.41) is 7.00. The van der Waals surface area contributed by atoms with E-state index in [1.807, 2.05) is 0 Å². The number of nitrogens with two attached hydrogens (primary N) is 1. The normalized spacial score (nSPS) is 18.4. The molecule has 108 valence electrons. The molecule has 0 aliphatic carbocycles. The molecule has 1 amide bonds. The van der Waals surface area contributed by atoms with Crippen LogP contribution in [0.5, 0.6) is 0 Å². The van der Waals surface area contributed by atoms with Gasteiger partial charge in [0.15, 0.2) is 0 Å². The Morgan fingerprint density at radius 1 is 1.39 bits per heavy atom. The van der Waals surface area contributed by atoms with Crippen molar-refractivity contribution in [1.82, 2.24) is 0 Å². The molecule has 6 nitrogen and oxygen atoms in total. The number of ether oxygens (including phenoxy) is 2. The van der Waals surface area contributed by atoms with Crippen molar-refractivity contribution in [1.29, 1.82) is 0 Å². The Hall–Kier alpha value is -1.14. The average molecular weight is 263 g/mol. The quantitative estimate of drug-likeness (QED) is 0.693. The summed E-state index contributed by atoms with van der Waals surface area (Å²) in [5.74, 6) is 0. The minimum Gasteiger partial charge on any atom is -0.444 e. The Morgan fingerprint density at radius 3 is 2.11 bits per heavy atom. The van der Waals surface area contributed by atoms with Crippen LogP contribution in [-0.4, -0.2) is 42.9 Å². The van der Waals surface area contributed by atoms with Gasteiger partial charge in [-0.2, -0.15) is 0 Å². The first-order valence-electron chi connectivity index (χ1n) is 5.85. The zero-order valence-corrected chi connectivity index (χ0v) is 11.6. The zero-order chi connectivity index (χ0) is 14.6. The maximum absolute atomic E-state index is 10.0. The predicted octanol–water partition coefficient (Wildman–Crippen LogP) is 1.24. The van der Waals surface area contributed by atoms with Crippen molar-refractivity contribution in [2.75, 3.05) is 13.7 Å². The van der Waals surface area contributed by atoms with Crippen LogP contribution in [0.4, 0.5) is 4.79 Å². The lowest BCUT2D eigenvalue weighted by atomic mass is 10.1. The van der Waals surface area contributed by atoms with Crippen LogP contribution in [0.25, 0.3) is 0 Å². The molecule has 18 heavy (non-hydrogen) atoms. The van der Waals surface area contributed by atoms with Crippen molar-refractivity contribution in [3.05, 3.63) is 0 Å². The largest absolute Gasteiger partial charge is 0.444 e. The first-order valence-corrected chi connectivity index (χ1v) is 5.85. The molecule has 1 atom stereocenters. The Bertz CT molecular complexity index is 219. The van der Waals surface area contributed by atoms with E-state index >= 15 is 0 Å². The smallest absolute Gasteiger partial charge is 0.405 e. The third kappa shape index (κ3) is 14.9. The van der Waals surface area contributed by atoms with Crippen LogP contribution in [0.3, 0.4) is 0 Å². The fourth-order valence-corrected chi connectivity index (χ4v) is 1.17. The first-order chi connectivity index (χ1) is 8.35. The number of aliphatic hydroxyl groups excluding tert-OH is 1. The Kier molecular flexibility index (Phi) is 11.7. The van der Waals surface area contributed by atoms with Gasteiger partial charge in [0, 0.05) is 13.7 Å². The van der Waals surface area contributed by atoms with Crippen LogP contribution >= 0.6 is 0 Å². The van der Waals surface area contributed by atoms with Crippen molar-refractivity contribution in [2.45, 2.75) is 51.7 Å². The maximum Gasteiger partial charge on any atom is 0.405 e. The van der Waals surface area contributed by atoms with E-state index in [0.29, 0.717) is 0 Å². The topological polar surface area (TPSA) is 98.9 Å². The monoisotopic (exact) mass is 263 g/mol. The molecule has 1 fully saturated rings. The Labute approximate surface area is 108 Å². The summed E-state index contributed by atoms with van der Waals surface area (Å²) in [6, 6.07) is 0. The van der Waals surface area contributed by atoms with Crippen LogP contribution in [0, 0.1) is 0 Å². The van der Waals surface area contributed by atoms with Crippen LogP contribution in [0.2, 0.25) is 0 Å². The van der Waals surface area contributed by atoms with Gasteiger partial charge in [0.25, 0.3) is 0 Å². The molecule has 6 heteroatoms. The lowest BCUT2D eigenvalue weighted by molar-refractivity contribution is -0.120. The maximum atomic E-state index is 10.0. The van der Waals surface area contributed by atoms with E-state index in [2.05, 4.69) is 4.74 Å². The fraction of sp³-hybridized carbons (Fsp3) is 0.833. The van der Waals surface area contributed by atoms with Gasteiger partial charge in [-0.05, 0) is 40.0 Å². The highest BCUT2D eigenvalue weighted by atomic mass is 16.6. The third-order valence-corrected chi connectivity index (χ3v) is 1.77. The van der Waals surface area contributed by atoms with Crippen LogP contribution < -0.4 is 5.73 Å². The highest BCUT2D eigenvalue weighted by Crippen LogP contribution is 2.09. The molecule has 0 unspecified atom stereocenters. The molecule has 0 aromatic rings. The summed E-state index contributed by atoms with van der Waals surface area (Å²) < 4.78 is 9.64. The number of carbonyl (C=O) groups excluding carboxylic acids is 2. The molecule has 0 saturated carbocycles. The van der Waals surface area contributed by atoms with E-state index in [-0.39, 0.29) is 6.10 Å². The highest BCUT2D eigenvalue weighted by molar-refractivity contribution is 5.65. The van der Waals surface area contributed by atoms with E-state index in [1.54, 1.807) is 20.8 Å². The molecule has 0 aromatic carbocycles. The second-order valence-corrected chi connectivity index (χ2v) is 4.57. The first kappa shape index (κ1) is 19.2. The molecular weight excluding hydrogens is 238 g/mol. The lowest BCUT2D eigenvalue weighted by Crippen LogP contribution is -2.27. The van der Waals surface area contributed by atoms with Crippen molar-refractivity contribution in [3.63, 3.8) is 0 Å². The zero-order valence-electron chi connectivity index (χ0n) is 11.6. The molecular formula is C12H25NO5. The predicted molar refractivity (Wildman–Crippen MR) is 68.2 cm³/mol. The van der Waals surface area contributed by atoms with Gasteiger partial charge in [-0.1, -0.05) is 0 Å². The van der Waals surface area contributed by atoms with Gasteiger partial charge in [-0.25, -0.2) is 4.79 Å². The third-order valence-electron chi connectivity index (χ3n) is 1.77. The number of amides is 1. The molecule has 1 rings (SSSR count). The summed E-state index contributed by atoms with van der Waals surface area (Å²) in [7, 11) is 1.00. The molecule has 0 radical (unpaired) electrons. The van der Waals surface area contributed by atoms with Gasteiger partial charge in [0.1, 0.15) is 18.0 Å². The van der Waals surface area contributed by atoms with Crippen LogP contribution in [0.15, 0.2) is 0 Å². The number of aldehydes is 1. The number of hydrogen-bond acceptors (Lipinski definition) is 5. The average Bonchev–Trinajstić information content (AvgIpc) is 2.30. The molecule has 0 spiro atoms. The van der Waals surface area contributed by atoms with Crippen LogP contribution in [-0.2, 0) is 14.3 Å². The minimum absolute atomic E-state index is 0.0938. The van der Waals surface area contributed by atoms with Gasteiger partial charge in [-0.15, -0.1) is 0 Å². The second-order valence-electron chi connectivity index (χ2n) is 4.57. The number of aliphatic hydroxyl groups is 1. The van der Waals surface area contributed by atoms with E-state index in [4.69, 9.17) is 15.6 Å². The van der Waals surface area contributed by atoms with Crippen molar-refractivity contribution in [3.8, 4) is 0 Å². The SMILES string of the molecule is CC(C)(C)OC(N)=O.CO.O=C[C@@H]1CCCCO1. The van der Waals surface area contributed by atoms with Gasteiger partial charge in [-0.3, -0.25) is 0 Å². The molecule has 3 N–H and O–H groups in total. The molecule has 1 heterocycles. The summed E-state index contributed by atoms with van der Waals surface area (Å²) in [6.45, 7) is 6.05. The van der Waals surface area contributed by atoms with Crippen molar-refractivity contribution >= 4 is 12.4 Å². The van der Waals surface area contributed by atoms with E-state index in [1.165, 1.54) is 0 Å². The summed E-state index contributed by atoms with van der Waals surface area (Å²) >= 11 is 0. The molecule has 0 aromatic heterocycles. The summed E-state index contributed by atoms with van der Waals surface area (Å²) in [6.07, 6.45) is 3.25. The molecule has 1 saturated heterocycles. The number of hydrogen-bond donors (Lipinski definition) is 2. The molecule has 1 aliphatic heterocycles. The molecule has 0 bridgehead atoms. The van der Waals surface area contributed by atoms with Gasteiger partial charge in [0.05, 0.1) is 0 Å². The van der Waals surface area contributed by atoms with Crippen molar-refractivity contribution in [2.24, 2.45) is 5.73 Å². The fourth-order valence-electron chi connectivity index (χ4n) is 1.17. The van der Waals surface area contributed by atoms with E-state index < -0.39 is 11.7 Å². The Balaban J connectivity index is 0. The molecule has 1 aliphatic rings. The summed E-state index contributed by atoms with van der Waals surface area (Å²) in [4.78, 5) is 20.0. The number of primary amides is 1. The Morgan fingerprint density at radius 2 is 1.94 bits per heavy atom. The number of rotatable bonds is 1. The lowest BCUT2D eigenvalue weighted by Gasteiger charge is -2.16.